The zero-order chi connectivity index (χ0) is 7.23. The number of hydrogen-bond donors (Lipinski definition) is 1. The highest BCUT2D eigenvalue weighted by molar-refractivity contribution is 5.03. The van der Waals surface area contributed by atoms with E-state index in [1.165, 1.54) is 0 Å². The quantitative estimate of drug-likeness (QED) is 0.499. The molecule has 1 radical (unpaired) electrons. The van der Waals surface area contributed by atoms with Crippen LogP contribution >= 0.6 is 0 Å². The molecule has 10 heavy (non-hydrogen) atoms. The molecule has 0 aliphatic heterocycles. The highest BCUT2D eigenvalue weighted by atomic mass is 16.3. The van der Waals surface area contributed by atoms with Crippen LogP contribution in [-0.4, -0.2) is 6.54 Å². The van der Waals surface area contributed by atoms with Crippen LogP contribution in [0, 0.1) is 6.26 Å². The maximum absolute atomic E-state index is 4.75. The normalized spacial score (nSPS) is 9.60. The molecular formula is C8H10NO. The summed E-state index contributed by atoms with van der Waals surface area (Å²) in [5, 5.41) is 3.13. The highest BCUT2D eigenvalue weighted by Crippen LogP contribution is 1.96. The average Bonchev–Trinajstić information content (AvgIpc) is 2.41. The molecule has 0 unspecified atom stereocenters. The predicted octanol–water partition coefficient (Wildman–Crippen LogP) is 1.36. The Bertz CT molecular complexity index is 179. The molecule has 1 rings (SSSR count). The molecule has 1 heterocycles. The van der Waals surface area contributed by atoms with Crippen molar-refractivity contribution in [2.24, 2.45) is 0 Å². The van der Waals surface area contributed by atoms with Crippen molar-refractivity contribution in [3.63, 3.8) is 0 Å². The van der Waals surface area contributed by atoms with E-state index in [1.807, 2.05) is 12.1 Å². The molecule has 1 aromatic heterocycles. The molecule has 0 aliphatic carbocycles. The molecule has 0 saturated carbocycles. The van der Waals surface area contributed by atoms with Crippen LogP contribution in [0.3, 0.4) is 0 Å². The van der Waals surface area contributed by atoms with Crippen molar-refractivity contribution in [2.75, 3.05) is 6.54 Å². The lowest BCUT2D eigenvalue weighted by molar-refractivity contribution is 0.552. The Hall–Kier alpha value is -1.02. The number of nitrogens with one attached hydrogen (secondary N) is 1. The third-order valence-electron chi connectivity index (χ3n) is 1.13. The van der Waals surface area contributed by atoms with Crippen molar-refractivity contribution in [3.8, 4) is 0 Å². The Morgan fingerprint density at radius 3 is 3.30 bits per heavy atom. The number of furan rings is 1. The van der Waals surface area contributed by atoms with Gasteiger partial charge in [-0.2, -0.15) is 0 Å². The van der Waals surface area contributed by atoms with Crippen LogP contribution in [-0.2, 0) is 6.54 Å². The van der Waals surface area contributed by atoms with Gasteiger partial charge in [-0.25, -0.2) is 0 Å². The molecule has 53 valence electrons. The summed E-state index contributed by atoms with van der Waals surface area (Å²) < 4.78 is 4.75. The third kappa shape index (κ3) is 2.07. The largest absolute Gasteiger partial charge is 0.461 e. The lowest BCUT2D eigenvalue weighted by Crippen LogP contribution is -2.11. The Labute approximate surface area is 60.5 Å². The van der Waals surface area contributed by atoms with E-state index < -0.39 is 0 Å². The van der Waals surface area contributed by atoms with Gasteiger partial charge in [0.15, 0.2) is 6.26 Å². The third-order valence-corrected chi connectivity index (χ3v) is 1.13. The van der Waals surface area contributed by atoms with Crippen LogP contribution in [0.15, 0.2) is 29.4 Å². The van der Waals surface area contributed by atoms with Crippen LogP contribution < -0.4 is 5.32 Å². The monoisotopic (exact) mass is 136 g/mol. The zero-order valence-corrected chi connectivity index (χ0v) is 5.76. The SMILES string of the molecule is C=CCNCc1[c]occ1. The van der Waals surface area contributed by atoms with E-state index in [9.17, 15) is 0 Å². The Balaban J connectivity index is 2.21. The molecule has 1 aromatic rings. The smallest absolute Gasteiger partial charge is 0.173 e. The Morgan fingerprint density at radius 2 is 2.70 bits per heavy atom. The summed E-state index contributed by atoms with van der Waals surface area (Å²) in [6.07, 6.45) is 6.16. The van der Waals surface area contributed by atoms with E-state index >= 15 is 0 Å². The van der Waals surface area contributed by atoms with Crippen molar-refractivity contribution < 1.29 is 4.42 Å². The first kappa shape index (κ1) is 7.09. The van der Waals surface area contributed by atoms with E-state index in [1.54, 1.807) is 6.26 Å². The fraction of sp³-hybridized carbons (Fsp3) is 0.250. The van der Waals surface area contributed by atoms with E-state index in [0.29, 0.717) is 0 Å². The van der Waals surface area contributed by atoms with Crippen LogP contribution in [0.25, 0.3) is 0 Å². The Morgan fingerprint density at radius 1 is 1.80 bits per heavy atom. The molecule has 1 N–H and O–H groups in total. The molecule has 0 fully saturated rings. The van der Waals surface area contributed by atoms with Crippen LogP contribution in [0.5, 0.6) is 0 Å². The maximum Gasteiger partial charge on any atom is 0.173 e. The molecular weight excluding hydrogens is 126 g/mol. The summed E-state index contributed by atoms with van der Waals surface area (Å²) in [5.74, 6) is 0. The second-order valence-electron chi connectivity index (χ2n) is 1.97. The first-order chi connectivity index (χ1) is 4.93. The predicted molar refractivity (Wildman–Crippen MR) is 39.4 cm³/mol. The molecule has 2 nitrogen and oxygen atoms in total. The molecule has 0 spiro atoms. The van der Waals surface area contributed by atoms with E-state index in [-0.39, 0.29) is 0 Å². The number of hydrogen-bond acceptors (Lipinski definition) is 2. The zero-order valence-electron chi connectivity index (χ0n) is 5.76. The van der Waals surface area contributed by atoms with Gasteiger partial charge in [0, 0.05) is 18.7 Å². The average molecular weight is 136 g/mol. The van der Waals surface area contributed by atoms with Gasteiger partial charge in [-0.05, 0) is 6.07 Å². The number of rotatable bonds is 4. The van der Waals surface area contributed by atoms with E-state index in [2.05, 4.69) is 18.2 Å². The van der Waals surface area contributed by atoms with E-state index in [4.69, 9.17) is 4.42 Å². The van der Waals surface area contributed by atoms with Crippen molar-refractivity contribution in [2.45, 2.75) is 6.54 Å². The highest BCUT2D eigenvalue weighted by Gasteiger charge is 1.90. The minimum atomic E-state index is 0.794. The summed E-state index contributed by atoms with van der Waals surface area (Å²) in [6.45, 7) is 5.20. The van der Waals surface area contributed by atoms with Gasteiger partial charge in [0.2, 0.25) is 0 Å². The van der Waals surface area contributed by atoms with Gasteiger partial charge >= 0.3 is 0 Å². The molecule has 0 atom stereocenters. The van der Waals surface area contributed by atoms with Gasteiger partial charge in [0.1, 0.15) is 0 Å². The molecule has 2 heteroatoms. The molecule has 0 bridgehead atoms. The lowest BCUT2D eigenvalue weighted by Gasteiger charge is -1.94. The molecule has 0 aliphatic rings. The summed E-state index contributed by atoms with van der Waals surface area (Å²) >= 11 is 0. The second-order valence-corrected chi connectivity index (χ2v) is 1.97. The van der Waals surface area contributed by atoms with Gasteiger partial charge in [0.05, 0.1) is 6.26 Å². The lowest BCUT2D eigenvalue weighted by atomic mass is 10.3. The van der Waals surface area contributed by atoms with Crippen molar-refractivity contribution in [3.05, 3.63) is 36.8 Å². The minimum Gasteiger partial charge on any atom is -0.461 e. The summed E-state index contributed by atoms with van der Waals surface area (Å²) in [4.78, 5) is 0. The first-order valence-electron chi connectivity index (χ1n) is 3.19. The maximum atomic E-state index is 4.75. The molecule has 0 amide bonds. The summed E-state index contributed by atoms with van der Waals surface area (Å²) in [5.41, 5.74) is 1.04. The summed E-state index contributed by atoms with van der Waals surface area (Å²) in [6, 6.07) is 1.89. The van der Waals surface area contributed by atoms with Gasteiger partial charge in [-0.1, -0.05) is 6.08 Å². The fourth-order valence-corrected chi connectivity index (χ4v) is 0.664. The second kappa shape index (κ2) is 3.90. The molecule has 0 saturated heterocycles. The van der Waals surface area contributed by atoms with Gasteiger partial charge < -0.3 is 9.73 Å². The fourth-order valence-electron chi connectivity index (χ4n) is 0.664. The van der Waals surface area contributed by atoms with Gasteiger partial charge in [-0.3, -0.25) is 0 Å². The van der Waals surface area contributed by atoms with E-state index in [0.717, 1.165) is 18.7 Å². The van der Waals surface area contributed by atoms with Gasteiger partial charge in [0.25, 0.3) is 0 Å². The van der Waals surface area contributed by atoms with Crippen LogP contribution in [0.4, 0.5) is 0 Å². The topological polar surface area (TPSA) is 25.2 Å². The van der Waals surface area contributed by atoms with Crippen molar-refractivity contribution >= 4 is 0 Å². The summed E-state index contributed by atoms with van der Waals surface area (Å²) in [7, 11) is 0. The van der Waals surface area contributed by atoms with Crippen molar-refractivity contribution in [1.82, 2.24) is 5.32 Å². The molecule has 0 aromatic carbocycles. The van der Waals surface area contributed by atoms with Crippen molar-refractivity contribution in [1.29, 1.82) is 0 Å². The first-order valence-corrected chi connectivity index (χ1v) is 3.19. The van der Waals surface area contributed by atoms with Crippen LogP contribution in [0.2, 0.25) is 0 Å². The van der Waals surface area contributed by atoms with Crippen LogP contribution in [0.1, 0.15) is 5.56 Å². The standard InChI is InChI=1S/C8H10NO/c1-2-4-9-6-8-3-5-10-7-8/h2-3,5,9H,1,4,6H2. The minimum absolute atomic E-state index is 0.794. The Kier molecular flexibility index (Phi) is 2.77. The van der Waals surface area contributed by atoms with Gasteiger partial charge in [-0.15, -0.1) is 6.58 Å².